The molecule has 1 aromatic carbocycles. The van der Waals surface area contributed by atoms with Gasteiger partial charge in [0.2, 0.25) is 0 Å². The molecule has 0 amide bonds. The van der Waals surface area contributed by atoms with E-state index >= 15 is 0 Å². The number of nitrogens with one attached hydrogen (secondary N) is 2. The van der Waals surface area contributed by atoms with E-state index in [0.717, 1.165) is 29.6 Å². The van der Waals surface area contributed by atoms with Crippen molar-refractivity contribution in [1.82, 2.24) is 10.6 Å². The summed E-state index contributed by atoms with van der Waals surface area (Å²) < 4.78 is 5.63. The van der Waals surface area contributed by atoms with E-state index in [1.165, 1.54) is 0 Å². The van der Waals surface area contributed by atoms with Crippen molar-refractivity contribution in [1.29, 1.82) is 0 Å². The van der Waals surface area contributed by atoms with E-state index in [9.17, 15) is 5.11 Å². The number of hydrogen-bond donors (Lipinski definition) is 3. The zero-order chi connectivity index (χ0) is 15.9. The molecule has 0 saturated heterocycles. The molecule has 0 fully saturated rings. The molecule has 5 nitrogen and oxygen atoms in total. The van der Waals surface area contributed by atoms with Gasteiger partial charge in [-0.15, -0.1) is 0 Å². The van der Waals surface area contributed by atoms with Crippen LogP contribution in [0.2, 0.25) is 0 Å². The fraction of sp³-hybridized carbons (Fsp3) is 0.353. The molecule has 1 heterocycles. The van der Waals surface area contributed by atoms with Crippen molar-refractivity contribution < 1.29 is 9.52 Å². The van der Waals surface area contributed by atoms with E-state index in [0.29, 0.717) is 6.54 Å². The third kappa shape index (κ3) is 4.55. The van der Waals surface area contributed by atoms with Crippen LogP contribution in [-0.4, -0.2) is 17.6 Å². The van der Waals surface area contributed by atoms with E-state index in [-0.39, 0.29) is 11.8 Å². The summed E-state index contributed by atoms with van der Waals surface area (Å²) >= 11 is 0. The minimum atomic E-state index is 0.0336. The van der Waals surface area contributed by atoms with Gasteiger partial charge < -0.3 is 20.2 Å². The highest BCUT2D eigenvalue weighted by molar-refractivity contribution is 5.80. The van der Waals surface area contributed by atoms with Gasteiger partial charge in [0.05, 0.1) is 12.6 Å². The minimum absolute atomic E-state index is 0.0336. The molecular weight excluding hydrogens is 278 g/mol. The zero-order valence-corrected chi connectivity index (χ0v) is 13.3. The predicted molar refractivity (Wildman–Crippen MR) is 87.9 cm³/mol. The fourth-order valence-electron chi connectivity index (χ4n) is 2.05. The van der Waals surface area contributed by atoms with Gasteiger partial charge in [-0.05, 0) is 50.6 Å². The molecule has 1 aromatic heterocycles. The maximum absolute atomic E-state index is 9.29. The highest BCUT2D eigenvalue weighted by Gasteiger charge is 2.11. The molecule has 5 heteroatoms. The van der Waals surface area contributed by atoms with Crippen molar-refractivity contribution in [3.63, 3.8) is 0 Å². The summed E-state index contributed by atoms with van der Waals surface area (Å²) in [5.74, 6) is 2.78. The first kappa shape index (κ1) is 15.9. The Morgan fingerprint density at radius 1 is 1.23 bits per heavy atom. The van der Waals surface area contributed by atoms with Gasteiger partial charge in [0.1, 0.15) is 17.3 Å². The minimum Gasteiger partial charge on any atom is -0.508 e. The lowest BCUT2D eigenvalue weighted by Gasteiger charge is -2.16. The van der Waals surface area contributed by atoms with E-state index < -0.39 is 0 Å². The first-order valence-electron chi connectivity index (χ1n) is 7.47. The quantitative estimate of drug-likeness (QED) is 0.586. The van der Waals surface area contributed by atoms with Crippen molar-refractivity contribution in [2.24, 2.45) is 4.99 Å². The van der Waals surface area contributed by atoms with E-state index in [1.807, 2.05) is 45.0 Å². The first-order chi connectivity index (χ1) is 10.6. The van der Waals surface area contributed by atoms with Gasteiger partial charge in [0.15, 0.2) is 5.96 Å². The van der Waals surface area contributed by atoms with Crippen LogP contribution in [0.25, 0.3) is 0 Å². The van der Waals surface area contributed by atoms with Crippen LogP contribution in [-0.2, 0) is 6.54 Å². The number of aryl methyl sites for hydroxylation is 1. The molecule has 118 valence electrons. The summed E-state index contributed by atoms with van der Waals surface area (Å²) in [6, 6.07) is 11.0. The molecule has 0 aliphatic rings. The smallest absolute Gasteiger partial charge is 0.192 e. The first-order valence-corrected chi connectivity index (χ1v) is 7.47. The molecule has 0 aliphatic heterocycles. The Morgan fingerprint density at radius 3 is 2.55 bits per heavy atom. The Bertz CT molecular complexity index is 617. The summed E-state index contributed by atoms with van der Waals surface area (Å²) in [5.41, 5.74) is 1.04. The van der Waals surface area contributed by atoms with Crippen LogP contribution in [0, 0.1) is 6.92 Å². The maximum Gasteiger partial charge on any atom is 0.192 e. The molecule has 22 heavy (non-hydrogen) atoms. The molecule has 1 unspecified atom stereocenters. The third-order valence-electron chi connectivity index (χ3n) is 3.24. The Hall–Kier alpha value is -2.43. The van der Waals surface area contributed by atoms with Crippen molar-refractivity contribution in [3.8, 4) is 5.75 Å². The second-order valence-corrected chi connectivity index (χ2v) is 5.18. The summed E-state index contributed by atoms with van der Waals surface area (Å²) in [7, 11) is 0. The van der Waals surface area contributed by atoms with Crippen molar-refractivity contribution in [2.45, 2.75) is 33.4 Å². The predicted octanol–water partition coefficient (Wildman–Crippen LogP) is 3.11. The largest absolute Gasteiger partial charge is 0.508 e. The van der Waals surface area contributed by atoms with Crippen LogP contribution in [0.3, 0.4) is 0 Å². The number of phenols is 1. The number of aromatic hydroxyl groups is 1. The van der Waals surface area contributed by atoms with E-state index in [4.69, 9.17) is 4.42 Å². The van der Waals surface area contributed by atoms with E-state index in [2.05, 4.69) is 15.6 Å². The standard InChI is InChI=1S/C17H23N3O2/c1-4-18-17(19-11-14-6-8-15(21)9-7-14)20-13(3)16-10-5-12(2)22-16/h5-10,13,21H,4,11H2,1-3H3,(H2,18,19,20). The summed E-state index contributed by atoms with van der Waals surface area (Å²) in [6.07, 6.45) is 0. The molecule has 2 rings (SSSR count). The summed E-state index contributed by atoms with van der Waals surface area (Å²) in [6.45, 7) is 7.32. The van der Waals surface area contributed by atoms with Gasteiger partial charge in [0.25, 0.3) is 0 Å². The van der Waals surface area contributed by atoms with Gasteiger partial charge >= 0.3 is 0 Å². The van der Waals surface area contributed by atoms with Gasteiger partial charge in [0, 0.05) is 6.54 Å². The summed E-state index contributed by atoms with van der Waals surface area (Å²) in [5, 5.41) is 15.8. The fourth-order valence-corrected chi connectivity index (χ4v) is 2.05. The number of hydrogen-bond acceptors (Lipinski definition) is 3. The van der Waals surface area contributed by atoms with Crippen molar-refractivity contribution in [2.75, 3.05) is 6.54 Å². The molecule has 0 radical (unpaired) electrons. The van der Waals surface area contributed by atoms with Gasteiger partial charge in [-0.1, -0.05) is 12.1 Å². The molecule has 2 aromatic rings. The molecule has 0 aliphatic carbocycles. The maximum atomic E-state index is 9.29. The van der Waals surface area contributed by atoms with Crippen LogP contribution in [0.1, 0.15) is 37.0 Å². The highest BCUT2D eigenvalue weighted by atomic mass is 16.3. The highest BCUT2D eigenvalue weighted by Crippen LogP contribution is 2.15. The SMILES string of the molecule is CCNC(=NCc1ccc(O)cc1)NC(C)c1ccc(C)o1. The van der Waals surface area contributed by atoms with Gasteiger partial charge in [-0.2, -0.15) is 0 Å². The summed E-state index contributed by atoms with van der Waals surface area (Å²) in [4.78, 5) is 4.56. The second-order valence-electron chi connectivity index (χ2n) is 5.18. The second kappa shape index (κ2) is 7.54. The molecule has 0 bridgehead atoms. The van der Waals surface area contributed by atoms with E-state index in [1.54, 1.807) is 12.1 Å². The average Bonchev–Trinajstić information content (AvgIpc) is 2.93. The lowest BCUT2D eigenvalue weighted by molar-refractivity contribution is 0.441. The number of furan rings is 1. The van der Waals surface area contributed by atoms with Gasteiger partial charge in [-0.25, -0.2) is 4.99 Å². The van der Waals surface area contributed by atoms with Gasteiger partial charge in [-0.3, -0.25) is 0 Å². The van der Waals surface area contributed by atoms with Crippen LogP contribution >= 0.6 is 0 Å². The Kier molecular flexibility index (Phi) is 5.47. The lowest BCUT2D eigenvalue weighted by Crippen LogP contribution is -2.38. The third-order valence-corrected chi connectivity index (χ3v) is 3.24. The average molecular weight is 301 g/mol. The molecule has 3 N–H and O–H groups in total. The van der Waals surface area contributed by atoms with Crippen LogP contribution < -0.4 is 10.6 Å². The molecule has 1 atom stereocenters. The number of guanidine groups is 1. The monoisotopic (exact) mass is 301 g/mol. The lowest BCUT2D eigenvalue weighted by atomic mass is 10.2. The Labute approximate surface area is 131 Å². The van der Waals surface area contributed by atoms with Crippen LogP contribution in [0.5, 0.6) is 5.75 Å². The topological polar surface area (TPSA) is 69.8 Å². The molecule has 0 spiro atoms. The number of benzene rings is 1. The Morgan fingerprint density at radius 2 is 1.95 bits per heavy atom. The van der Waals surface area contributed by atoms with Crippen molar-refractivity contribution >= 4 is 5.96 Å². The number of nitrogens with zero attached hydrogens (tertiary/aromatic N) is 1. The van der Waals surface area contributed by atoms with Crippen LogP contribution in [0.4, 0.5) is 0 Å². The number of aliphatic imine (C=N–C) groups is 1. The normalized spacial score (nSPS) is 13.0. The zero-order valence-electron chi connectivity index (χ0n) is 13.3. The molecular formula is C17H23N3O2. The van der Waals surface area contributed by atoms with Crippen molar-refractivity contribution in [3.05, 3.63) is 53.5 Å². The Balaban J connectivity index is 2.01. The number of rotatable bonds is 5. The number of phenolic OH excluding ortho intramolecular Hbond substituents is 1. The van der Waals surface area contributed by atoms with Crippen LogP contribution in [0.15, 0.2) is 45.8 Å². The molecule has 0 saturated carbocycles.